The maximum absolute atomic E-state index is 11.6. The standard InChI is InChI=1S/C10H22N2O4/c1-9(15)8-11-10(16)12(4-2-6-13)5-3-7-14/h9,13-15H,2-8H2,1H3,(H,11,16). The molecule has 0 aromatic rings. The van der Waals surface area contributed by atoms with Crippen molar-refractivity contribution in [2.75, 3.05) is 32.8 Å². The molecule has 0 aliphatic carbocycles. The Morgan fingerprint density at radius 1 is 1.25 bits per heavy atom. The first-order valence-electron chi connectivity index (χ1n) is 5.54. The van der Waals surface area contributed by atoms with E-state index in [4.69, 9.17) is 15.3 Å². The quantitative estimate of drug-likeness (QED) is 0.440. The summed E-state index contributed by atoms with van der Waals surface area (Å²) in [5.41, 5.74) is 0. The summed E-state index contributed by atoms with van der Waals surface area (Å²) in [6.45, 7) is 2.74. The van der Waals surface area contributed by atoms with Gasteiger partial charge in [0.25, 0.3) is 0 Å². The Balaban J connectivity index is 3.98. The zero-order valence-electron chi connectivity index (χ0n) is 9.72. The molecule has 1 atom stereocenters. The molecule has 0 aliphatic rings. The van der Waals surface area contributed by atoms with Crippen molar-refractivity contribution in [2.45, 2.75) is 25.9 Å². The van der Waals surface area contributed by atoms with Crippen LogP contribution in [0.3, 0.4) is 0 Å². The number of carbonyl (C=O) groups is 1. The van der Waals surface area contributed by atoms with Gasteiger partial charge in [0.05, 0.1) is 6.10 Å². The Morgan fingerprint density at radius 3 is 2.12 bits per heavy atom. The summed E-state index contributed by atoms with van der Waals surface area (Å²) in [6.07, 6.45) is 0.433. The van der Waals surface area contributed by atoms with E-state index in [-0.39, 0.29) is 25.8 Å². The Kier molecular flexibility index (Phi) is 8.88. The largest absolute Gasteiger partial charge is 0.396 e. The SMILES string of the molecule is CC(O)CNC(=O)N(CCCO)CCCO. The third-order valence-corrected chi connectivity index (χ3v) is 2.01. The molecule has 2 amide bonds. The van der Waals surface area contributed by atoms with Gasteiger partial charge in [-0.1, -0.05) is 0 Å². The summed E-state index contributed by atoms with van der Waals surface area (Å²) < 4.78 is 0. The van der Waals surface area contributed by atoms with E-state index < -0.39 is 6.10 Å². The van der Waals surface area contributed by atoms with Gasteiger partial charge in [-0.05, 0) is 19.8 Å². The van der Waals surface area contributed by atoms with E-state index in [1.165, 1.54) is 4.90 Å². The summed E-state index contributed by atoms with van der Waals surface area (Å²) in [5.74, 6) is 0. The van der Waals surface area contributed by atoms with Crippen LogP contribution in [-0.2, 0) is 0 Å². The molecule has 0 radical (unpaired) electrons. The average Bonchev–Trinajstić information content (AvgIpc) is 2.26. The lowest BCUT2D eigenvalue weighted by atomic mass is 10.3. The Labute approximate surface area is 95.9 Å². The molecule has 0 saturated heterocycles. The fourth-order valence-electron chi connectivity index (χ4n) is 1.18. The molecule has 6 nitrogen and oxygen atoms in total. The number of amides is 2. The monoisotopic (exact) mass is 234 g/mol. The minimum Gasteiger partial charge on any atom is -0.396 e. The van der Waals surface area contributed by atoms with Crippen molar-refractivity contribution in [2.24, 2.45) is 0 Å². The van der Waals surface area contributed by atoms with Crippen LogP contribution in [0.1, 0.15) is 19.8 Å². The van der Waals surface area contributed by atoms with Crippen molar-refractivity contribution in [1.29, 1.82) is 0 Å². The van der Waals surface area contributed by atoms with Crippen molar-refractivity contribution < 1.29 is 20.1 Å². The second-order valence-electron chi connectivity index (χ2n) is 3.68. The molecule has 96 valence electrons. The van der Waals surface area contributed by atoms with E-state index in [1.807, 2.05) is 0 Å². The number of aliphatic hydroxyl groups is 3. The van der Waals surface area contributed by atoms with Gasteiger partial charge in [0.15, 0.2) is 0 Å². The molecule has 4 N–H and O–H groups in total. The van der Waals surface area contributed by atoms with Gasteiger partial charge >= 0.3 is 6.03 Å². The van der Waals surface area contributed by atoms with E-state index in [0.29, 0.717) is 25.9 Å². The molecule has 0 bridgehead atoms. The number of nitrogens with one attached hydrogen (secondary N) is 1. The van der Waals surface area contributed by atoms with Crippen LogP contribution in [0.5, 0.6) is 0 Å². The third kappa shape index (κ3) is 7.44. The first-order chi connectivity index (χ1) is 7.61. The van der Waals surface area contributed by atoms with Crippen LogP contribution in [-0.4, -0.2) is 65.2 Å². The summed E-state index contributed by atoms with van der Waals surface area (Å²) in [5, 5.41) is 29.0. The molecule has 16 heavy (non-hydrogen) atoms. The molecule has 0 aromatic carbocycles. The molecule has 0 aromatic heterocycles. The maximum Gasteiger partial charge on any atom is 0.317 e. The highest BCUT2D eigenvalue weighted by atomic mass is 16.3. The number of urea groups is 1. The van der Waals surface area contributed by atoms with E-state index in [1.54, 1.807) is 6.92 Å². The summed E-state index contributed by atoms with van der Waals surface area (Å²) in [4.78, 5) is 13.1. The van der Waals surface area contributed by atoms with E-state index in [9.17, 15) is 4.79 Å². The lowest BCUT2D eigenvalue weighted by molar-refractivity contribution is 0.164. The van der Waals surface area contributed by atoms with Gasteiger partial charge in [0, 0.05) is 32.8 Å². The second-order valence-corrected chi connectivity index (χ2v) is 3.68. The molecule has 1 unspecified atom stereocenters. The molecule has 0 heterocycles. The van der Waals surface area contributed by atoms with Crippen molar-refractivity contribution in [3.63, 3.8) is 0 Å². The van der Waals surface area contributed by atoms with Crippen LogP contribution in [0.25, 0.3) is 0 Å². The van der Waals surface area contributed by atoms with Gasteiger partial charge in [-0.3, -0.25) is 0 Å². The number of nitrogens with zero attached hydrogens (tertiary/aromatic N) is 1. The second kappa shape index (κ2) is 9.38. The van der Waals surface area contributed by atoms with Crippen LogP contribution >= 0.6 is 0 Å². The molecule has 0 saturated carbocycles. The zero-order chi connectivity index (χ0) is 12.4. The predicted molar refractivity (Wildman–Crippen MR) is 60.1 cm³/mol. The van der Waals surface area contributed by atoms with Gasteiger partial charge in [0.1, 0.15) is 0 Å². The molecule has 6 heteroatoms. The summed E-state index contributed by atoms with van der Waals surface area (Å²) in [7, 11) is 0. The topological polar surface area (TPSA) is 93.0 Å². The minimum absolute atomic E-state index is 0.0271. The lowest BCUT2D eigenvalue weighted by Crippen LogP contribution is -2.43. The van der Waals surface area contributed by atoms with Gasteiger partial charge in [-0.15, -0.1) is 0 Å². The molecule has 0 spiro atoms. The highest BCUT2D eigenvalue weighted by Gasteiger charge is 2.12. The molecular weight excluding hydrogens is 212 g/mol. The van der Waals surface area contributed by atoms with E-state index in [0.717, 1.165) is 0 Å². The van der Waals surface area contributed by atoms with Gasteiger partial charge < -0.3 is 25.5 Å². The molecule has 0 rings (SSSR count). The molecular formula is C10H22N2O4. The van der Waals surface area contributed by atoms with Crippen molar-refractivity contribution in [3.05, 3.63) is 0 Å². The Bertz CT molecular complexity index is 180. The summed E-state index contributed by atoms with van der Waals surface area (Å²) >= 11 is 0. The molecule has 0 fully saturated rings. The van der Waals surface area contributed by atoms with Crippen LogP contribution in [0.15, 0.2) is 0 Å². The highest BCUT2D eigenvalue weighted by molar-refractivity contribution is 5.74. The smallest absolute Gasteiger partial charge is 0.317 e. The first kappa shape index (κ1) is 15.2. The number of aliphatic hydroxyl groups excluding tert-OH is 3. The van der Waals surface area contributed by atoms with E-state index >= 15 is 0 Å². The fourth-order valence-corrected chi connectivity index (χ4v) is 1.18. The number of hydrogen-bond acceptors (Lipinski definition) is 4. The third-order valence-electron chi connectivity index (χ3n) is 2.01. The Hall–Kier alpha value is -0.850. The van der Waals surface area contributed by atoms with Gasteiger partial charge in [-0.2, -0.15) is 0 Å². The zero-order valence-corrected chi connectivity index (χ0v) is 9.72. The van der Waals surface area contributed by atoms with Gasteiger partial charge in [-0.25, -0.2) is 4.79 Å². The average molecular weight is 234 g/mol. The van der Waals surface area contributed by atoms with Crippen LogP contribution in [0.4, 0.5) is 4.79 Å². The number of hydrogen-bond donors (Lipinski definition) is 4. The van der Waals surface area contributed by atoms with Crippen molar-refractivity contribution in [1.82, 2.24) is 10.2 Å². The minimum atomic E-state index is -0.582. The number of carbonyl (C=O) groups excluding carboxylic acids is 1. The van der Waals surface area contributed by atoms with Gasteiger partial charge in [0.2, 0.25) is 0 Å². The first-order valence-corrected chi connectivity index (χ1v) is 5.54. The predicted octanol–water partition coefficient (Wildman–Crippen LogP) is -0.856. The normalized spacial score (nSPS) is 12.2. The van der Waals surface area contributed by atoms with Crippen molar-refractivity contribution in [3.8, 4) is 0 Å². The number of rotatable bonds is 8. The van der Waals surface area contributed by atoms with Crippen LogP contribution in [0, 0.1) is 0 Å². The highest BCUT2D eigenvalue weighted by Crippen LogP contribution is 1.95. The summed E-state index contributed by atoms with van der Waals surface area (Å²) in [6, 6.07) is -0.275. The van der Waals surface area contributed by atoms with Crippen LogP contribution < -0.4 is 5.32 Å². The van der Waals surface area contributed by atoms with Crippen LogP contribution in [0.2, 0.25) is 0 Å². The Morgan fingerprint density at radius 2 is 1.75 bits per heavy atom. The van der Waals surface area contributed by atoms with Crippen molar-refractivity contribution >= 4 is 6.03 Å². The fraction of sp³-hybridized carbons (Fsp3) is 0.900. The maximum atomic E-state index is 11.6. The van der Waals surface area contributed by atoms with E-state index in [2.05, 4.69) is 5.32 Å². The lowest BCUT2D eigenvalue weighted by Gasteiger charge is -2.22. The molecule has 0 aliphatic heterocycles.